The zero-order valence-electron chi connectivity index (χ0n) is 16.5. The Morgan fingerprint density at radius 1 is 1.20 bits per heavy atom. The van der Waals surface area contributed by atoms with Crippen LogP contribution in [-0.2, 0) is 25.3 Å². The average Bonchev–Trinajstić information content (AvgIpc) is 3.26. The third-order valence-electron chi connectivity index (χ3n) is 4.46. The summed E-state index contributed by atoms with van der Waals surface area (Å²) in [5.74, 6) is 0.120. The smallest absolute Gasteiger partial charge is 0.374 e. The van der Waals surface area contributed by atoms with Crippen molar-refractivity contribution in [1.29, 1.82) is 0 Å². The highest BCUT2D eigenvalue weighted by atomic mass is 32.2. The highest BCUT2D eigenvalue weighted by molar-refractivity contribution is 7.99. The van der Waals surface area contributed by atoms with E-state index in [1.807, 2.05) is 12.1 Å². The first-order valence-electron chi connectivity index (χ1n) is 9.43. The van der Waals surface area contributed by atoms with Crippen LogP contribution in [0, 0.1) is 0 Å². The number of hydrogen-bond donors (Lipinski definition) is 0. The van der Waals surface area contributed by atoms with E-state index in [1.165, 1.54) is 28.2 Å². The lowest BCUT2D eigenvalue weighted by Gasteiger charge is -2.33. The van der Waals surface area contributed by atoms with Crippen LogP contribution < -0.4 is 0 Å². The molecule has 9 nitrogen and oxygen atoms in total. The number of nitrogens with zero attached hydrogens (tertiary/aromatic N) is 3. The Bertz CT molecular complexity index is 969. The van der Waals surface area contributed by atoms with E-state index in [9.17, 15) is 18.0 Å². The molecule has 30 heavy (non-hydrogen) atoms. The third-order valence-corrected chi connectivity index (χ3v) is 7.22. The molecule has 162 valence electrons. The minimum absolute atomic E-state index is 0.0245. The highest BCUT2D eigenvalue weighted by Gasteiger charge is 2.32. The second-order valence-electron chi connectivity index (χ2n) is 6.48. The Hall–Kier alpha value is -2.37. The second kappa shape index (κ2) is 10.1. The summed E-state index contributed by atoms with van der Waals surface area (Å²) in [6.45, 7) is 2.75. The van der Waals surface area contributed by atoms with Gasteiger partial charge in [-0.1, -0.05) is 6.07 Å². The first-order chi connectivity index (χ1) is 14.4. The number of pyridine rings is 1. The molecule has 0 atom stereocenters. The van der Waals surface area contributed by atoms with Crippen LogP contribution in [0.15, 0.2) is 46.2 Å². The average molecular weight is 454 g/mol. The molecular weight excluding hydrogens is 430 g/mol. The van der Waals surface area contributed by atoms with Crippen LogP contribution in [0.4, 0.5) is 0 Å². The van der Waals surface area contributed by atoms with Gasteiger partial charge in [-0.05, 0) is 30.7 Å². The first-order valence-corrected chi connectivity index (χ1v) is 12.0. The van der Waals surface area contributed by atoms with Crippen LogP contribution in [0.3, 0.4) is 0 Å². The monoisotopic (exact) mass is 453 g/mol. The number of carbonyl (C=O) groups is 2. The van der Waals surface area contributed by atoms with Crippen molar-refractivity contribution in [3.8, 4) is 0 Å². The summed E-state index contributed by atoms with van der Waals surface area (Å²) in [7, 11) is -3.88. The van der Waals surface area contributed by atoms with E-state index in [4.69, 9.17) is 9.15 Å². The van der Waals surface area contributed by atoms with Crippen LogP contribution in [0.1, 0.15) is 23.0 Å². The van der Waals surface area contributed by atoms with Gasteiger partial charge in [0.15, 0.2) is 0 Å². The first kappa shape index (κ1) is 22.3. The topological polar surface area (TPSA) is 110 Å². The zero-order chi connectivity index (χ0) is 21.6. The SMILES string of the molecule is CCOC(=O)c1ccc(S(=O)(=O)N2CCN(C(=O)CSCc3cccnc3)CC2)o1. The number of ether oxygens (including phenoxy) is 1. The van der Waals surface area contributed by atoms with E-state index in [1.54, 1.807) is 24.2 Å². The van der Waals surface area contributed by atoms with Crippen molar-refractivity contribution in [2.45, 2.75) is 17.8 Å². The van der Waals surface area contributed by atoms with Gasteiger partial charge < -0.3 is 14.1 Å². The summed E-state index contributed by atoms with van der Waals surface area (Å²) >= 11 is 1.50. The predicted octanol–water partition coefficient (Wildman–Crippen LogP) is 1.62. The number of rotatable bonds is 8. The summed E-state index contributed by atoms with van der Waals surface area (Å²) in [5.41, 5.74) is 1.05. The summed E-state index contributed by atoms with van der Waals surface area (Å²) in [6, 6.07) is 6.33. The number of furan rings is 1. The summed E-state index contributed by atoms with van der Waals surface area (Å²) < 4.78 is 36.8. The maximum Gasteiger partial charge on any atom is 0.374 e. The van der Waals surface area contributed by atoms with Crippen LogP contribution in [0.2, 0.25) is 0 Å². The van der Waals surface area contributed by atoms with E-state index in [0.29, 0.717) is 24.6 Å². The third kappa shape index (κ3) is 5.41. The van der Waals surface area contributed by atoms with Crippen LogP contribution in [0.25, 0.3) is 0 Å². The summed E-state index contributed by atoms with van der Waals surface area (Å²) in [5, 5.41) is -0.308. The number of hydrogen-bond acceptors (Lipinski definition) is 8. The molecule has 0 aromatic carbocycles. The molecule has 2 aromatic heterocycles. The molecule has 1 aliphatic heterocycles. The van der Waals surface area contributed by atoms with Crippen molar-refractivity contribution in [1.82, 2.24) is 14.2 Å². The molecule has 0 N–H and O–H groups in total. The lowest BCUT2D eigenvalue weighted by Crippen LogP contribution is -2.50. The van der Waals surface area contributed by atoms with Gasteiger partial charge in [-0.3, -0.25) is 9.78 Å². The van der Waals surface area contributed by atoms with Gasteiger partial charge in [0.1, 0.15) is 0 Å². The number of carbonyl (C=O) groups excluding carboxylic acids is 2. The van der Waals surface area contributed by atoms with Crippen LogP contribution in [-0.4, -0.2) is 73.0 Å². The minimum atomic E-state index is -3.88. The lowest BCUT2D eigenvalue weighted by atomic mass is 10.3. The van der Waals surface area contributed by atoms with Crippen LogP contribution in [0.5, 0.6) is 0 Å². The highest BCUT2D eigenvalue weighted by Crippen LogP contribution is 2.21. The Kier molecular flexibility index (Phi) is 7.51. The molecule has 0 spiro atoms. The number of amides is 1. The Morgan fingerprint density at radius 2 is 1.97 bits per heavy atom. The van der Waals surface area contributed by atoms with Gasteiger partial charge >= 0.3 is 5.97 Å². The molecule has 0 bridgehead atoms. The maximum atomic E-state index is 12.8. The quantitative estimate of drug-likeness (QED) is 0.555. The van der Waals surface area contributed by atoms with Gasteiger partial charge in [0.25, 0.3) is 10.0 Å². The fraction of sp³-hybridized carbons (Fsp3) is 0.421. The summed E-state index contributed by atoms with van der Waals surface area (Å²) in [4.78, 5) is 29.8. The Labute approximate surface area is 179 Å². The van der Waals surface area contributed by atoms with Crippen LogP contribution >= 0.6 is 11.8 Å². The van der Waals surface area contributed by atoms with E-state index >= 15 is 0 Å². The number of aromatic nitrogens is 1. The van der Waals surface area contributed by atoms with Gasteiger partial charge in [0, 0.05) is 44.3 Å². The number of esters is 1. The van der Waals surface area contributed by atoms with Crippen molar-refractivity contribution in [3.63, 3.8) is 0 Å². The fourth-order valence-electron chi connectivity index (χ4n) is 2.91. The maximum absolute atomic E-state index is 12.8. The van der Waals surface area contributed by atoms with E-state index in [0.717, 1.165) is 5.56 Å². The van der Waals surface area contributed by atoms with E-state index in [-0.39, 0.29) is 36.5 Å². The summed E-state index contributed by atoms with van der Waals surface area (Å²) in [6.07, 6.45) is 3.47. The zero-order valence-corrected chi connectivity index (χ0v) is 18.2. The predicted molar refractivity (Wildman–Crippen MR) is 110 cm³/mol. The normalized spacial score (nSPS) is 15.2. The molecule has 1 amide bonds. The lowest BCUT2D eigenvalue weighted by molar-refractivity contribution is -0.129. The van der Waals surface area contributed by atoms with Gasteiger partial charge in [-0.15, -0.1) is 11.8 Å². The molecule has 1 aliphatic rings. The molecule has 3 heterocycles. The van der Waals surface area contributed by atoms with E-state index < -0.39 is 16.0 Å². The van der Waals surface area contributed by atoms with Crippen molar-refractivity contribution >= 4 is 33.7 Å². The molecule has 1 saturated heterocycles. The Morgan fingerprint density at radius 3 is 2.63 bits per heavy atom. The number of thioether (sulfide) groups is 1. The number of piperazine rings is 1. The van der Waals surface area contributed by atoms with Crippen molar-refractivity contribution in [2.75, 3.05) is 38.5 Å². The largest absolute Gasteiger partial charge is 0.460 e. The standard InChI is InChI=1S/C19H23N3O6S2/c1-2-27-19(24)16-5-6-18(28-16)30(25,26)22-10-8-21(9-11-22)17(23)14-29-13-15-4-3-7-20-12-15/h3-7,12H,2,8-11,13-14H2,1H3. The molecule has 0 saturated carbocycles. The Balaban J connectivity index is 1.50. The molecule has 2 aromatic rings. The van der Waals surface area contributed by atoms with E-state index in [2.05, 4.69) is 4.98 Å². The molecule has 1 fully saturated rings. The molecule has 0 unspecified atom stereocenters. The molecule has 11 heteroatoms. The van der Waals surface area contributed by atoms with Crippen molar-refractivity contribution < 1.29 is 27.2 Å². The molecular formula is C19H23N3O6S2. The second-order valence-corrected chi connectivity index (χ2v) is 9.33. The molecule has 0 aliphatic carbocycles. The van der Waals surface area contributed by atoms with Gasteiger partial charge in [-0.2, -0.15) is 4.31 Å². The molecule has 0 radical (unpaired) electrons. The van der Waals surface area contributed by atoms with Crippen molar-refractivity contribution in [3.05, 3.63) is 48.0 Å². The molecule has 3 rings (SSSR count). The minimum Gasteiger partial charge on any atom is -0.460 e. The fourth-order valence-corrected chi connectivity index (χ4v) is 5.11. The van der Waals surface area contributed by atoms with Gasteiger partial charge in [0.05, 0.1) is 12.4 Å². The van der Waals surface area contributed by atoms with Crippen molar-refractivity contribution in [2.24, 2.45) is 0 Å². The van der Waals surface area contributed by atoms with Gasteiger partial charge in [-0.25, -0.2) is 13.2 Å². The van der Waals surface area contributed by atoms with Gasteiger partial charge in [0.2, 0.25) is 16.8 Å². The number of sulfonamides is 1.